The van der Waals surface area contributed by atoms with E-state index >= 15 is 0 Å². The maximum absolute atomic E-state index is 3.61. The molecule has 5 aliphatic rings. The SMILES string of the molecule is CN1[CH-]N(c2[c-]ccc(Br)c2)c2cc3c(cc21)C1CC2CC(C1)CC3C2.[Ir]. The van der Waals surface area contributed by atoms with Crippen LogP contribution in [0.2, 0.25) is 0 Å². The van der Waals surface area contributed by atoms with Crippen molar-refractivity contribution in [3.8, 4) is 0 Å². The van der Waals surface area contributed by atoms with Crippen molar-refractivity contribution in [1.82, 2.24) is 0 Å². The zero-order valence-corrected chi connectivity index (χ0v) is 19.4. The summed E-state index contributed by atoms with van der Waals surface area (Å²) >= 11 is 3.61. The van der Waals surface area contributed by atoms with Crippen LogP contribution in [0.15, 0.2) is 34.8 Å². The number of fused-ring (bicyclic) bond motifs is 1. The standard InChI is InChI=1S/C23H23BrN2.Ir/c1-25-13-26(19-4-2-3-18(24)10-19)23-12-21-17-8-14-5-15(9-17)7-16(6-14)20(21)11-22(23)25;/h2-3,10-17H,5-9H2,1H3;/q-2;. The van der Waals surface area contributed by atoms with E-state index in [0.717, 1.165) is 33.8 Å². The summed E-state index contributed by atoms with van der Waals surface area (Å²) in [5, 5.41) is 0. The van der Waals surface area contributed by atoms with Gasteiger partial charge in [0.1, 0.15) is 0 Å². The van der Waals surface area contributed by atoms with Crippen molar-refractivity contribution in [3.63, 3.8) is 0 Å². The number of anilines is 3. The number of hydrogen-bond acceptors (Lipinski definition) is 2. The maximum Gasteiger partial charge on any atom is 0.0329 e. The molecule has 143 valence electrons. The van der Waals surface area contributed by atoms with Gasteiger partial charge in [-0.2, -0.15) is 24.9 Å². The molecule has 0 N–H and O–H groups in total. The molecule has 27 heavy (non-hydrogen) atoms. The number of rotatable bonds is 1. The number of hydrogen-bond donors (Lipinski definition) is 0. The Bertz CT molecular complexity index is 884. The van der Waals surface area contributed by atoms with E-state index in [0.29, 0.717) is 0 Å². The van der Waals surface area contributed by atoms with Gasteiger partial charge in [-0.05, 0) is 86.1 Å². The minimum absolute atomic E-state index is 0. The Kier molecular flexibility index (Phi) is 4.46. The first-order valence-corrected chi connectivity index (χ1v) is 10.7. The maximum atomic E-state index is 3.61. The molecule has 7 rings (SSSR count). The van der Waals surface area contributed by atoms with E-state index in [1.807, 2.05) is 12.1 Å². The summed E-state index contributed by atoms with van der Waals surface area (Å²) in [6.45, 7) is 2.20. The second kappa shape index (κ2) is 6.61. The van der Waals surface area contributed by atoms with Gasteiger partial charge in [0.25, 0.3) is 0 Å². The van der Waals surface area contributed by atoms with Crippen LogP contribution in [0.25, 0.3) is 0 Å². The van der Waals surface area contributed by atoms with E-state index < -0.39 is 0 Å². The molecule has 2 unspecified atom stereocenters. The van der Waals surface area contributed by atoms with Crippen molar-refractivity contribution in [2.24, 2.45) is 11.8 Å². The van der Waals surface area contributed by atoms with Crippen molar-refractivity contribution in [2.75, 3.05) is 16.8 Å². The van der Waals surface area contributed by atoms with Crippen LogP contribution >= 0.6 is 15.9 Å². The van der Waals surface area contributed by atoms with Gasteiger partial charge in [-0.25, -0.2) is 0 Å². The third kappa shape index (κ3) is 2.82. The minimum atomic E-state index is 0. The molecule has 2 aromatic carbocycles. The molecule has 2 nitrogen and oxygen atoms in total. The van der Waals surface area contributed by atoms with Crippen molar-refractivity contribution in [1.29, 1.82) is 0 Å². The molecular formula is C23H23BrIrN2-2. The first kappa shape index (κ1) is 18.2. The summed E-state index contributed by atoms with van der Waals surface area (Å²) in [5.74, 6) is 3.52. The number of halogens is 1. The van der Waals surface area contributed by atoms with E-state index in [1.54, 1.807) is 11.1 Å². The first-order chi connectivity index (χ1) is 12.7. The van der Waals surface area contributed by atoms with Gasteiger partial charge >= 0.3 is 0 Å². The van der Waals surface area contributed by atoms with Crippen LogP contribution in [-0.2, 0) is 20.1 Å². The molecule has 4 aliphatic carbocycles. The van der Waals surface area contributed by atoms with Crippen LogP contribution in [0.5, 0.6) is 0 Å². The Morgan fingerprint density at radius 3 is 2.22 bits per heavy atom. The van der Waals surface area contributed by atoms with Gasteiger partial charge in [0, 0.05) is 31.5 Å². The van der Waals surface area contributed by atoms with Crippen molar-refractivity contribution in [2.45, 2.75) is 43.9 Å². The largest absolute Gasteiger partial charge is 0.504 e. The second-order valence-electron chi connectivity index (χ2n) is 8.76. The molecule has 0 saturated heterocycles. The average Bonchev–Trinajstić information content (AvgIpc) is 2.86. The molecule has 2 saturated carbocycles. The molecule has 1 heterocycles. The number of nitrogens with zero attached hydrogens (tertiary/aromatic N) is 2. The second-order valence-corrected chi connectivity index (χ2v) is 9.68. The Balaban J connectivity index is 0.00000160. The van der Waals surface area contributed by atoms with E-state index in [9.17, 15) is 0 Å². The fourth-order valence-corrected chi connectivity index (χ4v) is 6.55. The Hall–Kier alpha value is -0.831. The quantitative estimate of drug-likeness (QED) is 0.353. The van der Waals surface area contributed by atoms with Crippen LogP contribution in [-0.4, -0.2) is 7.05 Å². The van der Waals surface area contributed by atoms with E-state index in [2.05, 4.69) is 63.7 Å². The summed E-state index contributed by atoms with van der Waals surface area (Å²) < 4.78 is 1.10. The van der Waals surface area contributed by atoms with Gasteiger partial charge < -0.3 is 9.80 Å². The van der Waals surface area contributed by atoms with E-state index in [1.165, 1.54) is 43.5 Å². The monoisotopic (exact) mass is 599 g/mol. The fourth-order valence-electron chi connectivity index (χ4n) is 6.21. The van der Waals surface area contributed by atoms with Crippen LogP contribution in [0.3, 0.4) is 0 Å². The van der Waals surface area contributed by atoms with Crippen molar-refractivity contribution < 1.29 is 20.1 Å². The minimum Gasteiger partial charge on any atom is -0.504 e. The van der Waals surface area contributed by atoms with Crippen LogP contribution < -0.4 is 9.80 Å². The summed E-state index contributed by atoms with van der Waals surface area (Å²) in [6.07, 6.45) is 7.18. The van der Waals surface area contributed by atoms with Crippen LogP contribution in [0.1, 0.15) is 55.1 Å². The van der Waals surface area contributed by atoms with Gasteiger partial charge in [-0.15, -0.1) is 11.8 Å². The molecule has 4 bridgehead atoms. The molecule has 1 radical (unpaired) electrons. The van der Waals surface area contributed by atoms with Gasteiger partial charge in [0.15, 0.2) is 0 Å². The summed E-state index contributed by atoms with van der Waals surface area (Å²) in [4.78, 5) is 4.58. The molecule has 1 aliphatic heterocycles. The van der Waals surface area contributed by atoms with Crippen molar-refractivity contribution >= 4 is 33.0 Å². The molecule has 4 heteroatoms. The predicted molar refractivity (Wildman–Crippen MR) is 110 cm³/mol. The third-order valence-electron chi connectivity index (χ3n) is 7.13. The first-order valence-electron chi connectivity index (χ1n) is 9.88. The fraction of sp³-hybridized carbons (Fsp3) is 0.435. The van der Waals surface area contributed by atoms with Gasteiger partial charge in [-0.1, -0.05) is 20.4 Å². The zero-order chi connectivity index (χ0) is 17.4. The molecular weight excluding hydrogens is 576 g/mol. The van der Waals surface area contributed by atoms with Crippen LogP contribution in [0, 0.1) is 24.6 Å². The smallest absolute Gasteiger partial charge is 0.0329 e. The zero-order valence-electron chi connectivity index (χ0n) is 15.4. The summed E-state index contributed by atoms with van der Waals surface area (Å²) in [6, 6.07) is 14.6. The predicted octanol–water partition coefficient (Wildman–Crippen LogP) is 6.34. The molecule has 0 aromatic heterocycles. The third-order valence-corrected chi connectivity index (χ3v) is 7.63. The molecule has 2 atom stereocenters. The topological polar surface area (TPSA) is 6.48 Å². The molecule has 0 spiro atoms. The van der Waals surface area contributed by atoms with Gasteiger partial charge in [0.05, 0.1) is 0 Å². The van der Waals surface area contributed by atoms with E-state index in [4.69, 9.17) is 0 Å². The number of benzene rings is 2. The van der Waals surface area contributed by atoms with Crippen LogP contribution in [0.4, 0.5) is 17.1 Å². The summed E-state index contributed by atoms with van der Waals surface area (Å²) in [5.41, 5.74) is 7.09. The van der Waals surface area contributed by atoms with Gasteiger partial charge in [0.2, 0.25) is 0 Å². The molecule has 0 amide bonds. The Morgan fingerprint density at radius 1 is 0.963 bits per heavy atom. The average molecular weight is 600 g/mol. The van der Waals surface area contributed by atoms with Gasteiger partial charge in [-0.3, -0.25) is 0 Å². The molecule has 2 aromatic rings. The Morgan fingerprint density at radius 2 is 1.59 bits per heavy atom. The van der Waals surface area contributed by atoms with E-state index in [-0.39, 0.29) is 20.1 Å². The normalized spacial score (nSPS) is 30.0. The molecule has 2 fully saturated rings. The Labute approximate surface area is 183 Å². The van der Waals surface area contributed by atoms with Crippen molar-refractivity contribution in [3.05, 3.63) is 58.7 Å². The summed E-state index contributed by atoms with van der Waals surface area (Å²) in [7, 11) is 2.17.